The van der Waals surface area contributed by atoms with Crippen molar-refractivity contribution in [1.29, 1.82) is 0 Å². The topological polar surface area (TPSA) is 68.2 Å². The highest BCUT2D eigenvalue weighted by molar-refractivity contribution is 6.74. The molecular weight excluding hydrogens is 444 g/mol. The van der Waals surface area contributed by atoms with Crippen molar-refractivity contribution in [2.75, 3.05) is 0 Å². The Morgan fingerprint density at radius 1 is 0.824 bits per heavy atom. The van der Waals surface area contributed by atoms with Crippen molar-refractivity contribution in [2.45, 2.75) is 141 Å². The molecule has 0 aromatic rings. The molecule has 1 heterocycles. The molecule has 6 heteroatoms. The molecule has 5 fully saturated rings. The lowest BCUT2D eigenvalue weighted by Crippen LogP contribution is -2.67. The second-order valence-electron chi connectivity index (χ2n) is 15.0. The molecule has 1 saturated heterocycles. The first-order valence-corrected chi connectivity index (χ1v) is 16.8. The van der Waals surface area contributed by atoms with E-state index in [4.69, 9.17) is 13.9 Å². The van der Waals surface area contributed by atoms with Gasteiger partial charge in [-0.2, -0.15) is 0 Å². The van der Waals surface area contributed by atoms with Gasteiger partial charge in [0.15, 0.2) is 14.1 Å². The summed E-state index contributed by atoms with van der Waals surface area (Å²) in [5.41, 5.74) is 0.126. The first-order chi connectivity index (χ1) is 15.5. The van der Waals surface area contributed by atoms with Crippen molar-refractivity contribution in [2.24, 2.45) is 34.5 Å². The minimum absolute atomic E-state index is 0.0192. The van der Waals surface area contributed by atoms with Gasteiger partial charge < -0.3 is 24.1 Å². The van der Waals surface area contributed by atoms with Gasteiger partial charge in [0.2, 0.25) is 0 Å². The highest BCUT2D eigenvalue weighted by Gasteiger charge is 2.70. The van der Waals surface area contributed by atoms with Crippen molar-refractivity contribution < 1.29 is 24.1 Å². The van der Waals surface area contributed by atoms with Gasteiger partial charge in [0.1, 0.15) is 0 Å². The van der Waals surface area contributed by atoms with Crippen molar-refractivity contribution >= 4 is 8.32 Å². The first kappa shape index (κ1) is 25.7. The monoisotopic (exact) mass is 494 g/mol. The average Bonchev–Trinajstić information content (AvgIpc) is 3.19. The van der Waals surface area contributed by atoms with E-state index in [1.165, 1.54) is 12.8 Å². The number of ether oxygens (including phenoxy) is 2. The molecule has 5 nitrogen and oxygen atoms in total. The van der Waals surface area contributed by atoms with Gasteiger partial charge >= 0.3 is 0 Å². The largest absolute Gasteiger partial charge is 0.413 e. The lowest BCUT2D eigenvalue weighted by Gasteiger charge is -2.64. The lowest BCUT2D eigenvalue weighted by atomic mass is 9.43. The van der Waals surface area contributed by atoms with E-state index in [2.05, 4.69) is 47.7 Å². The normalized spacial score (nSPS) is 52.5. The number of aliphatic hydroxyl groups excluding tert-OH is 2. The summed E-state index contributed by atoms with van der Waals surface area (Å²) in [6, 6.07) is 0. The van der Waals surface area contributed by atoms with E-state index in [1.807, 2.05) is 13.8 Å². The van der Waals surface area contributed by atoms with Crippen molar-refractivity contribution in [3.63, 3.8) is 0 Å². The predicted octanol–water partition coefficient (Wildman–Crippen LogP) is 5.49. The zero-order chi connectivity index (χ0) is 25.1. The molecule has 4 aliphatic carbocycles. The molecule has 2 N–H and O–H groups in total. The van der Waals surface area contributed by atoms with Gasteiger partial charge in [-0.05, 0) is 99.1 Å². The smallest absolute Gasteiger partial charge is 0.192 e. The summed E-state index contributed by atoms with van der Waals surface area (Å²) in [5.74, 6) is 0.726. The van der Waals surface area contributed by atoms with Crippen molar-refractivity contribution in [3.8, 4) is 0 Å². The van der Waals surface area contributed by atoms with Gasteiger partial charge in [0.25, 0.3) is 0 Å². The van der Waals surface area contributed by atoms with Crippen LogP contribution in [0.3, 0.4) is 0 Å². The Labute approximate surface area is 208 Å². The molecule has 34 heavy (non-hydrogen) atoms. The van der Waals surface area contributed by atoms with Crippen LogP contribution in [0.4, 0.5) is 0 Å². The fraction of sp³-hybridized carbons (Fsp3) is 1.00. The average molecular weight is 495 g/mol. The summed E-state index contributed by atoms with van der Waals surface area (Å²) >= 11 is 0. The molecule has 11 atom stereocenters. The summed E-state index contributed by atoms with van der Waals surface area (Å²) in [6.07, 6.45) is 5.03. The zero-order valence-electron chi connectivity index (χ0n) is 23.1. The molecule has 1 aliphatic heterocycles. The standard InChI is InChI=1S/C28H50O5Si/c1-25(2,3)34(8,9)33-19-11-10-16-20-17(12-14-27(16,19)6)28(7)15-13-18(29)22(30)21(28)24-23(20)31-26(4,5)32-24/h16-24,29-30H,10-15H2,1-9H3/t16?,17?,18?,19?,20?,21?,22?,23?,24?,27-,28+/m0/s1. The lowest BCUT2D eigenvalue weighted by molar-refractivity contribution is -0.225. The quantitative estimate of drug-likeness (QED) is 0.497. The Morgan fingerprint density at radius 2 is 1.41 bits per heavy atom. The van der Waals surface area contributed by atoms with Crippen LogP contribution in [0.15, 0.2) is 0 Å². The van der Waals surface area contributed by atoms with Crippen LogP contribution < -0.4 is 0 Å². The van der Waals surface area contributed by atoms with Gasteiger partial charge in [-0.3, -0.25) is 0 Å². The Hall–Kier alpha value is 0.0169. The zero-order valence-corrected chi connectivity index (χ0v) is 24.1. The molecule has 0 spiro atoms. The van der Waals surface area contributed by atoms with E-state index >= 15 is 0 Å². The maximum Gasteiger partial charge on any atom is 0.192 e. The third kappa shape index (κ3) is 3.56. The highest BCUT2D eigenvalue weighted by atomic mass is 28.4. The number of rotatable bonds is 2. The molecule has 4 saturated carbocycles. The van der Waals surface area contributed by atoms with Gasteiger partial charge in [0.05, 0.1) is 30.5 Å². The molecule has 9 unspecified atom stereocenters. The summed E-state index contributed by atoms with van der Waals surface area (Å²) in [5, 5.41) is 22.1. The van der Waals surface area contributed by atoms with E-state index in [9.17, 15) is 10.2 Å². The van der Waals surface area contributed by atoms with Gasteiger partial charge in [-0.1, -0.05) is 34.6 Å². The molecule has 0 radical (unpaired) electrons. The Morgan fingerprint density at radius 3 is 2.06 bits per heavy atom. The molecule has 5 aliphatic rings. The number of hydrogen-bond donors (Lipinski definition) is 2. The maximum absolute atomic E-state index is 11.2. The van der Waals surface area contributed by atoms with Crippen LogP contribution in [0.2, 0.25) is 18.1 Å². The second kappa shape index (κ2) is 7.77. The third-order valence-corrected chi connectivity index (χ3v) is 16.2. The minimum Gasteiger partial charge on any atom is -0.413 e. The van der Waals surface area contributed by atoms with Crippen LogP contribution in [0.5, 0.6) is 0 Å². The fourth-order valence-corrected chi connectivity index (χ4v) is 10.4. The first-order valence-electron chi connectivity index (χ1n) is 13.9. The molecule has 0 bridgehead atoms. The van der Waals surface area contributed by atoms with Crippen LogP contribution in [0.25, 0.3) is 0 Å². The van der Waals surface area contributed by atoms with Crippen LogP contribution in [0.1, 0.15) is 87.0 Å². The third-order valence-electron chi connectivity index (χ3n) is 11.7. The molecule has 196 valence electrons. The number of hydrogen-bond acceptors (Lipinski definition) is 5. The van der Waals surface area contributed by atoms with Crippen molar-refractivity contribution in [3.05, 3.63) is 0 Å². The molecule has 0 amide bonds. The van der Waals surface area contributed by atoms with E-state index in [0.29, 0.717) is 30.3 Å². The molecule has 5 rings (SSSR count). The Kier molecular flexibility index (Phi) is 5.86. The van der Waals surface area contributed by atoms with Crippen LogP contribution in [-0.2, 0) is 13.9 Å². The second-order valence-corrected chi connectivity index (χ2v) is 19.7. The van der Waals surface area contributed by atoms with Crippen LogP contribution in [0, 0.1) is 34.5 Å². The van der Waals surface area contributed by atoms with E-state index < -0.39 is 26.3 Å². The maximum atomic E-state index is 11.2. The van der Waals surface area contributed by atoms with Crippen LogP contribution in [-0.4, -0.2) is 54.8 Å². The molecule has 0 aromatic carbocycles. The van der Waals surface area contributed by atoms with Gasteiger partial charge in [0, 0.05) is 5.92 Å². The SMILES string of the molecule is CC1(C)OC2C(O1)C1C(O)C(O)CC[C@]1(C)C1CC[C@]3(C)C(O[Si](C)(C)C(C)(C)C)CCC3C21. The predicted molar refractivity (Wildman–Crippen MR) is 136 cm³/mol. The van der Waals surface area contributed by atoms with Gasteiger partial charge in [-0.15, -0.1) is 0 Å². The summed E-state index contributed by atoms with van der Waals surface area (Å²) in [4.78, 5) is 0. The fourth-order valence-electron chi connectivity index (χ4n) is 8.92. The van der Waals surface area contributed by atoms with Crippen molar-refractivity contribution in [1.82, 2.24) is 0 Å². The Bertz CT molecular complexity index is 807. The molecule has 0 aromatic heterocycles. The van der Waals surface area contributed by atoms with E-state index in [-0.39, 0.29) is 34.0 Å². The van der Waals surface area contributed by atoms with E-state index in [1.54, 1.807) is 0 Å². The summed E-state index contributed by atoms with van der Waals surface area (Å²) in [6.45, 7) is 20.7. The van der Waals surface area contributed by atoms with Gasteiger partial charge in [-0.25, -0.2) is 0 Å². The Balaban J connectivity index is 1.51. The highest BCUT2D eigenvalue weighted by Crippen LogP contribution is 2.69. The van der Waals surface area contributed by atoms with Crippen LogP contribution >= 0.6 is 0 Å². The number of aliphatic hydroxyl groups is 2. The number of fused-ring (bicyclic) bond motifs is 8. The minimum atomic E-state index is -1.86. The summed E-state index contributed by atoms with van der Waals surface area (Å²) < 4.78 is 20.4. The molecular formula is C28H50O5Si. The summed E-state index contributed by atoms with van der Waals surface area (Å²) in [7, 11) is -1.86. The van der Waals surface area contributed by atoms with E-state index in [0.717, 1.165) is 19.3 Å².